The predicted molar refractivity (Wildman–Crippen MR) is 256 cm³/mol. The zero-order valence-electron chi connectivity index (χ0n) is 38.6. The maximum absolute atomic E-state index is 13.3. The third-order valence-electron chi connectivity index (χ3n) is 10.5. The standard InChI is InChI=1S/C34H36N4O5.C21H12N2O4/c1-34(2,3)43-33(40)38-29-14-12-28(13-15-29)37-32(39)27-16-30(41-21-25-8-4-23(19-35)5-9-25)18-31(17-27)42-22-26-10-6-24(20-36)7-11-26;22-12-14-1-5-17(6-2-14)26-19-9-16(21(24)25)10-20(11-19)27-18-7-3-15(13-23)4-8-18/h4-11,16-18,28-29H,12-15,21-22H2,1-3H3,(H,37,39)(H,38,40);1-11H,(H,24,25). The van der Waals surface area contributed by atoms with Gasteiger partial charge in [0.1, 0.15) is 53.3 Å². The summed E-state index contributed by atoms with van der Waals surface area (Å²) >= 11 is 0. The molecule has 0 unspecified atom stereocenters. The van der Waals surface area contributed by atoms with E-state index in [1.807, 2.05) is 57.2 Å². The van der Waals surface area contributed by atoms with Crippen LogP contribution in [-0.4, -0.2) is 40.8 Å². The van der Waals surface area contributed by atoms with E-state index in [4.69, 9.17) is 44.7 Å². The molecule has 3 N–H and O–H groups in total. The van der Waals surface area contributed by atoms with Gasteiger partial charge in [-0.25, -0.2) is 9.59 Å². The van der Waals surface area contributed by atoms with Gasteiger partial charge in [-0.2, -0.15) is 21.0 Å². The van der Waals surface area contributed by atoms with Crippen molar-refractivity contribution in [3.8, 4) is 58.8 Å². The van der Waals surface area contributed by atoms with Gasteiger partial charge in [-0.05, 0) is 155 Å². The van der Waals surface area contributed by atoms with Crippen LogP contribution in [0.5, 0.6) is 34.5 Å². The SMILES string of the molecule is CC(C)(C)OC(=O)NC1CCC(NC(=O)c2cc(OCc3ccc(C#N)cc3)cc(OCc3ccc(C#N)cc3)c2)CC1.N#Cc1ccc(Oc2cc(Oc3ccc(C#N)cc3)cc(C(=O)O)c2)cc1. The smallest absolute Gasteiger partial charge is 0.407 e. The summed E-state index contributed by atoms with van der Waals surface area (Å²) in [7, 11) is 0. The highest BCUT2D eigenvalue weighted by Gasteiger charge is 2.26. The van der Waals surface area contributed by atoms with Gasteiger partial charge in [0.2, 0.25) is 0 Å². The number of alkyl carbamates (subject to hydrolysis) is 1. The zero-order chi connectivity index (χ0) is 50.0. The number of rotatable bonds is 14. The molecule has 15 heteroatoms. The predicted octanol–water partition coefficient (Wildman–Crippen LogP) is 10.9. The number of nitriles is 4. The molecule has 0 spiro atoms. The van der Waals surface area contributed by atoms with E-state index in [9.17, 15) is 19.5 Å². The van der Waals surface area contributed by atoms with Gasteiger partial charge in [-0.15, -0.1) is 0 Å². The molecule has 70 heavy (non-hydrogen) atoms. The molecule has 0 heterocycles. The largest absolute Gasteiger partial charge is 0.489 e. The number of carboxylic acid groups (broad SMARTS) is 1. The number of aromatic carboxylic acids is 1. The van der Waals surface area contributed by atoms with Crippen LogP contribution in [0.3, 0.4) is 0 Å². The zero-order valence-corrected chi connectivity index (χ0v) is 38.6. The molecule has 6 aromatic carbocycles. The summed E-state index contributed by atoms with van der Waals surface area (Å²) in [6.45, 7) is 5.99. The number of carboxylic acids is 1. The van der Waals surface area contributed by atoms with E-state index in [2.05, 4.69) is 22.8 Å². The molecular weight excluding hydrogens is 889 g/mol. The fourth-order valence-corrected chi connectivity index (χ4v) is 6.96. The van der Waals surface area contributed by atoms with Gasteiger partial charge in [0.15, 0.2) is 0 Å². The average Bonchev–Trinajstić information content (AvgIpc) is 3.36. The second-order valence-electron chi connectivity index (χ2n) is 17.0. The van der Waals surface area contributed by atoms with Crippen molar-refractivity contribution in [2.45, 2.75) is 77.4 Å². The number of carbonyl (C=O) groups excluding carboxylic acids is 2. The van der Waals surface area contributed by atoms with Gasteiger partial charge < -0.3 is 39.4 Å². The maximum Gasteiger partial charge on any atom is 0.407 e. The molecule has 1 aliphatic carbocycles. The summed E-state index contributed by atoms with van der Waals surface area (Å²) < 4.78 is 28.8. The first-order valence-electron chi connectivity index (χ1n) is 22.1. The Morgan fingerprint density at radius 1 is 0.514 bits per heavy atom. The molecule has 0 atom stereocenters. The molecule has 0 aliphatic heterocycles. The fourth-order valence-electron chi connectivity index (χ4n) is 6.96. The Hall–Kier alpha value is -9.31. The van der Waals surface area contributed by atoms with Crippen molar-refractivity contribution in [1.29, 1.82) is 21.0 Å². The first kappa shape index (κ1) is 50.1. The molecule has 7 rings (SSSR count). The average molecular weight is 937 g/mol. The lowest BCUT2D eigenvalue weighted by molar-refractivity contribution is 0.0487. The van der Waals surface area contributed by atoms with Crippen LogP contribution in [0.4, 0.5) is 4.79 Å². The van der Waals surface area contributed by atoms with Gasteiger partial charge >= 0.3 is 12.1 Å². The van der Waals surface area contributed by atoms with Crippen molar-refractivity contribution in [2.24, 2.45) is 0 Å². The third kappa shape index (κ3) is 15.7. The number of hydrogen-bond donors (Lipinski definition) is 3. The lowest BCUT2D eigenvalue weighted by atomic mass is 9.91. The van der Waals surface area contributed by atoms with Gasteiger partial charge in [0, 0.05) is 29.8 Å². The van der Waals surface area contributed by atoms with Crippen LogP contribution < -0.4 is 29.6 Å². The van der Waals surface area contributed by atoms with Gasteiger partial charge in [0.25, 0.3) is 5.91 Å². The number of nitrogens with zero attached hydrogens (tertiary/aromatic N) is 4. The van der Waals surface area contributed by atoms with Gasteiger partial charge in [-0.1, -0.05) is 24.3 Å². The summed E-state index contributed by atoms with van der Waals surface area (Å²) in [5, 5.41) is 51.1. The van der Waals surface area contributed by atoms with Crippen LogP contribution in [0.25, 0.3) is 0 Å². The van der Waals surface area contributed by atoms with E-state index < -0.39 is 17.7 Å². The van der Waals surface area contributed by atoms with Crippen molar-refractivity contribution in [2.75, 3.05) is 0 Å². The van der Waals surface area contributed by atoms with Crippen molar-refractivity contribution >= 4 is 18.0 Å². The van der Waals surface area contributed by atoms with Crippen LogP contribution in [0.2, 0.25) is 0 Å². The van der Waals surface area contributed by atoms with Crippen LogP contribution in [0.1, 0.15) is 101 Å². The Kier molecular flexibility index (Phi) is 17.1. The fraction of sp³-hybridized carbons (Fsp3) is 0.218. The highest BCUT2D eigenvalue weighted by Crippen LogP contribution is 2.31. The molecule has 6 aromatic rings. The highest BCUT2D eigenvalue weighted by molar-refractivity contribution is 5.95. The van der Waals surface area contributed by atoms with Gasteiger partial charge in [-0.3, -0.25) is 4.79 Å². The Morgan fingerprint density at radius 2 is 0.871 bits per heavy atom. The number of ether oxygens (including phenoxy) is 5. The maximum atomic E-state index is 13.3. The summed E-state index contributed by atoms with van der Waals surface area (Å²) in [5.41, 5.74) is 3.73. The lowest BCUT2D eigenvalue weighted by Crippen LogP contribution is -2.45. The van der Waals surface area contributed by atoms with Crippen LogP contribution in [-0.2, 0) is 18.0 Å². The Balaban J connectivity index is 0.000000255. The van der Waals surface area contributed by atoms with E-state index >= 15 is 0 Å². The summed E-state index contributed by atoms with van der Waals surface area (Å²) in [4.78, 5) is 36.9. The van der Waals surface area contributed by atoms with Crippen molar-refractivity contribution in [1.82, 2.24) is 10.6 Å². The molecule has 0 saturated heterocycles. The number of amides is 2. The monoisotopic (exact) mass is 936 g/mol. The second kappa shape index (κ2) is 23.9. The molecule has 2 amide bonds. The minimum Gasteiger partial charge on any atom is -0.489 e. The molecular formula is C55H48N6O9. The summed E-state index contributed by atoms with van der Waals surface area (Å²) in [6.07, 6.45) is 2.49. The first-order chi connectivity index (χ1) is 33.7. The molecule has 1 fully saturated rings. The first-order valence-corrected chi connectivity index (χ1v) is 22.1. The normalized spacial score (nSPS) is 13.7. The molecule has 352 valence electrons. The van der Waals surface area contributed by atoms with Crippen molar-refractivity contribution in [3.05, 3.63) is 178 Å². The van der Waals surface area contributed by atoms with Crippen molar-refractivity contribution < 1.29 is 43.2 Å². The minimum atomic E-state index is -1.12. The third-order valence-corrected chi connectivity index (χ3v) is 10.5. The molecule has 0 aromatic heterocycles. The van der Waals surface area contributed by atoms with E-state index in [-0.39, 0.29) is 48.3 Å². The Labute approximate surface area is 405 Å². The van der Waals surface area contributed by atoms with E-state index in [1.54, 1.807) is 97.1 Å². The molecule has 0 radical (unpaired) electrons. The minimum absolute atomic E-state index is 0.00387. The number of nitrogens with one attached hydrogen (secondary N) is 2. The molecule has 1 aliphatic rings. The quantitative estimate of drug-likeness (QED) is 0.0922. The molecule has 1 saturated carbocycles. The Morgan fingerprint density at radius 3 is 1.24 bits per heavy atom. The Bertz CT molecular complexity index is 2790. The summed E-state index contributed by atoms with van der Waals surface area (Å²) in [6, 6.07) is 44.7. The number of carbonyl (C=O) groups is 3. The highest BCUT2D eigenvalue weighted by atomic mass is 16.6. The van der Waals surface area contributed by atoms with Crippen molar-refractivity contribution in [3.63, 3.8) is 0 Å². The molecule has 15 nitrogen and oxygen atoms in total. The van der Waals surface area contributed by atoms with Crippen LogP contribution in [0.15, 0.2) is 133 Å². The lowest BCUT2D eigenvalue weighted by Gasteiger charge is -2.30. The summed E-state index contributed by atoms with van der Waals surface area (Å²) in [5.74, 6) is 1.06. The topological polar surface area (TPSA) is 237 Å². The van der Waals surface area contributed by atoms with Gasteiger partial charge in [0.05, 0.1) is 52.1 Å². The van der Waals surface area contributed by atoms with E-state index in [0.29, 0.717) is 50.8 Å². The number of benzene rings is 6. The van der Waals surface area contributed by atoms with Crippen LogP contribution >= 0.6 is 0 Å². The second-order valence-corrected chi connectivity index (χ2v) is 17.0. The van der Waals surface area contributed by atoms with Crippen LogP contribution in [0, 0.1) is 45.3 Å². The van der Waals surface area contributed by atoms with E-state index in [0.717, 1.165) is 36.8 Å². The molecule has 0 bridgehead atoms. The van der Waals surface area contributed by atoms with E-state index in [1.165, 1.54) is 12.1 Å². The number of hydrogen-bond acceptors (Lipinski definition) is 12.